The molecule has 0 aliphatic rings. The van der Waals surface area contributed by atoms with Gasteiger partial charge in [0.25, 0.3) is 0 Å². The van der Waals surface area contributed by atoms with Gasteiger partial charge in [0.2, 0.25) is 5.91 Å². The summed E-state index contributed by atoms with van der Waals surface area (Å²) < 4.78 is 0. The first-order valence-corrected chi connectivity index (χ1v) is 5.11. The normalized spacial score (nSPS) is 12.2. The molecule has 0 saturated heterocycles. The van der Waals surface area contributed by atoms with Crippen LogP contribution < -0.4 is 5.32 Å². The topological polar surface area (TPSA) is 49.3 Å². The molecule has 1 unspecified atom stereocenters. The standard InChI is InChI=1S/C12H17NO2/c1-9-4-3-5-11(8-9)6-7-13-12(15)10(2)14/h3-5,8,10,14H,6-7H2,1-2H3,(H,13,15). The van der Waals surface area contributed by atoms with Gasteiger partial charge in [-0.2, -0.15) is 0 Å². The van der Waals surface area contributed by atoms with Crippen LogP contribution in [-0.4, -0.2) is 23.7 Å². The third kappa shape index (κ3) is 4.13. The molecule has 3 heteroatoms. The van der Waals surface area contributed by atoms with Gasteiger partial charge < -0.3 is 10.4 Å². The Morgan fingerprint density at radius 2 is 2.27 bits per heavy atom. The minimum atomic E-state index is -0.928. The fraction of sp³-hybridized carbons (Fsp3) is 0.417. The summed E-state index contributed by atoms with van der Waals surface area (Å²) in [7, 11) is 0. The monoisotopic (exact) mass is 207 g/mol. The van der Waals surface area contributed by atoms with E-state index in [-0.39, 0.29) is 5.91 Å². The van der Waals surface area contributed by atoms with Crippen LogP contribution in [0.4, 0.5) is 0 Å². The molecule has 0 heterocycles. The van der Waals surface area contributed by atoms with Crippen LogP contribution in [0.1, 0.15) is 18.1 Å². The summed E-state index contributed by atoms with van der Waals surface area (Å²) in [5, 5.41) is 11.6. The smallest absolute Gasteiger partial charge is 0.248 e. The number of carbonyl (C=O) groups is 1. The average molecular weight is 207 g/mol. The van der Waals surface area contributed by atoms with Crippen LogP contribution >= 0.6 is 0 Å². The Balaban J connectivity index is 2.35. The Morgan fingerprint density at radius 3 is 2.87 bits per heavy atom. The predicted octanol–water partition coefficient (Wildman–Crippen LogP) is 1.03. The molecule has 0 saturated carbocycles. The molecule has 0 aliphatic heterocycles. The highest BCUT2D eigenvalue weighted by molar-refractivity contribution is 5.79. The fourth-order valence-corrected chi connectivity index (χ4v) is 1.35. The summed E-state index contributed by atoms with van der Waals surface area (Å²) in [6, 6.07) is 8.16. The molecule has 0 aromatic heterocycles. The number of hydrogen-bond acceptors (Lipinski definition) is 2. The van der Waals surface area contributed by atoms with Crippen LogP contribution in [0.5, 0.6) is 0 Å². The largest absolute Gasteiger partial charge is 0.384 e. The van der Waals surface area contributed by atoms with Crippen LogP contribution in [0, 0.1) is 6.92 Å². The number of amides is 1. The first-order chi connectivity index (χ1) is 7.09. The second-order valence-electron chi connectivity index (χ2n) is 3.71. The molecular weight excluding hydrogens is 190 g/mol. The Labute approximate surface area is 90.1 Å². The predicted molar refractivity (Wildman–Crippen MR) is 59.6 cm³/mol. The van der Waals surface area contributed by atoms with E-state index < -0.39 is 6.10 Å². The first-order valence-electron chi connectivity index (χ1n) is 5.11. The van der Waals surface area contributed by atoms with Gasteiger partial charge >= 0.3 is 0 Å². The lowest BCUT2D eigenvalue weighted by atomic mass is 10.1. The zero-order valence-electron chi connectivity index (χ0n) is 9.16. The number of hydrogen-bond donors (Lipinski definition) is 2. The van der Waals surface area contributed by atoms with Crippen LogP contribution in [-0.2, 0) is 11.2 Å². The lowest BCUT2D eigenvalue weighted by Crippen LogP contribution is -2.33. The van der Waals surface area contributed by atoms with Gasteiger partial charge in [0.05, 0.1) is 0 Å². The summed E-state index contributed by atoms with van der Waals surface area (Å²) in [6.45, 7) is 4.06. The lowest BCUT2D eigenvalue weighted by Gasteiger charge is -2.07. The minimum Gasteiger partial charge on any atom is -0.384 e. The van der Waals surface area contributed by atoms with Gasteiger partial charge in [0.1, 0.15) is 6.10 Å². The highest BCUT2D eigenvalue weighted by Gasteiger charge is 2.06. The fourth-order valence-electron chi connectivity index (χ4n) is 1.35. The van der Waals surface area contributed by atoms with Crippen LogP contribution in [0.15, 0.2) is 24.3 Å². The average Bonchev–Trinajstić information content (AvgIpc) is 2.17. The van der Waals surface area contributed by atoms with Gasteiger partial charge in [-0.05, 0) is 25.8 Å². The van der Waals surface area contributed by atoms with E-state index >= 15 is 0 Å². The number of carbonyl (C=O) groups excluding carboxylic acids is 1. The zero-order valence-corrected chi connectivity index (χ0v) is 9.16. The number of benzene rings is 1. The molecule has 0 bridgehead atoms. The molecule has 1 aromatic carbocycles. The van der Waals surface area contributed by atoms with Gasteiger partial charge in [-0.25, -0.2) is 0 Å². The maximum Gasteiger partial charge on any atom is 0.248 e. The number of nitrogens with one attached hydrogen (secondary N) is 1. The van der Waals surface area contributed by atoms with Crippen molar-refractivity contribution in [2.24, 2.45) is 0 Å². The molecule has 0 spiro atoms. The van der Waals surface area contributed by atoms with Crippen LogP contribution in [0.3, 0.4) is 0 Å². The summed E-state index contributed by atoms with van der Waals surface area (Å²) in [5.74, 6) is -0.317. The van der Waals surface area contributed by atoms with Gasteiger partial charge in [-0.15, -0.1) is 0 Å². The van der Waals surface area contributed by atoms with Crippen molar-refractivity contribution in [1.29, 1.82) is 0 Å². The summed E-state index contributed by atoms with van der Waals surface area (Å²) in [6.07, 6.45) is -0.136. The molecule has 0 fully saturated rings. The van der Waals surface area contributed by atoms with Crippen molar-refractivity contribution in [3.05, 3.63) is 35.4 Å². The molecule has 2 N–H and O–H groups in total. The Bertz CT molecular complexity index is 334. The summed E-state index contributed by atoms with van der Waals surface area (Å²) in [5.41, 5.74) is 2.41. The first kappa shape index (κ1) is 11.7. The molecule has 15 heavy (non-hydrogen) atoms. The van der Waals surface area contributed by atoms with Gasteiger partial charge in [0.15, 0.2) is 0 Å². The molecular formula is C12H17NO2. The molecule has 0 radical (unpaired) electrons. The van der Waals surface area contributed by atoms with E-state index in [2.05, 4.69) is 11.4 Å². The Hall–Kier alpha value is -1.35. The molecule has 82 valence electrons. The van der Waals surface area contributed by atoms with E-state index in [1.165, 1.54) is 18.1 Å². The Morgan fingerprint density at radius 1 is 1.53 bits per heavy atom. The molecule has 0 aliphatic carbocycles. The van der Waals surface area contributed by atoms with E-state index in [1.807, 2.05) is 25.1 Å². The van der Waals surface area contributed by atoms with Crippen molar-refractivity contribution >= 4 is 5.91 Å². The maximum absolute atomic E-state index is 11.0. The molecule has 1 rings (SSSR count). The molecule has 1 aromatic rings. The van der Waals surface area contributed by atoms with E-state index in [4.69, 9.17) is 5.11 Å². The lowest BCUT2D eigenvalue weighted by molar-refractivity contribution is -0.128. The second-order valence-corrected chi connectivity index (χ2v) is 3.71. The molecule has 1 amide bonds. The highest BCUT2D eigenvalue weighted by Crippen LogP contribution is 2.03. The number of aryl methyl sites for hydroxylation is 1. The summed E-state index contributed by atoms with van der Waals surface area (Å²) >= 11 is 0. The van der Waals surface area contributed by atoms with Gasteiger partial charge in [-0.3, -0.25) is 4.79 Å². The van der Waals surface area contributed by atoms with E-state index in [0.717, 1.165) is 6.42 Å². The van der Waals surface area contributed by atoms with Crippen molar-refractivity contribution in [1.82, 2.24) is 5.32 Å². The Kier molecular flexibility index (Phi) is 4.31. The van der Waals surface area contributed by atoms with E-state index in [9.17, 15) is 4.79 Å². The molecule has 3 nitrogen and oxygen atoms in total. The quantitative estimate of drug-likeness (QED) is 0.775. The maximum atomic E-state index is 11.0. The second kappa shape index (κ2) is 5.51. The van der Waals surface area contributed by atoms with Crippen molar-refractivity contribution in [3.63, 3.8) is 0 Å². The van der Waals surface area contributed by atoms with E-state index in [0.29, 0.717) is 6.54 Å². The zero-order chi connectivity index (χ0) is 11.3. The van der Waals surface area contributed by atoms with Crippen molar-refractivity contribution in [2.45, 2.75) is 26.4 Å². The molecule has 1 atom stereocenters. The third-order valence-corrected chi connectivity index (χ3v) is 2.17. The SMILES string of the molecule is Cc1cccc(CCNC(=O)C(C)O)c1. The van der Waals surface area contributed by atoms with Gasteiger partial charge in [-0.1, -0.05) is 29.8 Å². The number of aliphatic hydroxyl groups is 1. The number of aliphatic hydroxyl groups excluding tert-OH is 1. The van der Waals surface area contributed by atoms with Crippen molar-refractivity contribution in [2.75, 3.05) is 6.54 Å². The summed E-state index contributed by atoms with van der Waals surface area (Å²) in [4.78, 5) is 11.0. The van der Waals surface area contributed by atoms with Crippen LogP contribution in [0.2, 0.25) is 0 Å². The highest BCUT2D eigenvalue weighted by atomic mass is 16.3. The third-order valence-electron chi connectivity index (χ3n) is 2.17. The minimum absolute atomic E-state index is 0.317. The van der Waals surface area contributed by atoms with Crippen molar-refractivity contribution in [3.8, 4) is 0 Å². The van der Waals surface area contributed by atoms with E-state index in [1.54, 1.807) is 0 Å². The van der Waals surface area contributed by atoms with Gasteiger partial charge in [0, 0.05) is 6.54 Å². The van der Waals surface area contributed by atoms with Crippen LogP contribution in [0.25, 0.3) is 0 Å². The number of rotatable bonds is 4. The van der Waals surface area contributed by atoms with Crippen molar-refractivity contribution < 1.29 is 9.90 Å².